The molecule has 0 aliphatic heterocycles. The number of hydrogen-bond acceptors (Lipinski definition) is 4. The Morgan fingerprint density at radius 2 is 1.92 bits per heavy atom. The fourth-order valence-electron chi connectivity index (χ4n) is 2.40. The molecule has 3 aromatic rings. The summed E-state index contributed by atoms with van der Waals surface area (Å²) in [5, 5.41) is 4.82. The minimum atomic E-state index is -2.57. The van der Waals surface area contributed by atoms with Crippen molar-refractivity contribution in [3.05, 3.63) is 71.1 Å². The molecule has 25 heavy (non-hydrogen) atoms. The Morgan fingerprint density at radius 1 is 1.16 bits per heavy atom. The number of benzene rings is 2. The van der Waals surface area contributed by atoms with Crippen LogP contribution in [0, 0.1) is 0 Å². The zero-order chi connectivity index (χ0) is 17.8. The summed E-state index contributed by atoms with van der Waals surface area (Å²) in [5.41, 5.74) is 9.20. The van der Waals surface area contributed by atoms with E-state index >= 15 is 0 Å². The lowest BCUT2D eigenvalue weighted by atomic mass is 10.1. The van der Waals surface area contributed by atoms with Gasteiger partial charge in [-0.25, -0.2) is 0 Å². The summed E-state index contributed by atoms with van der Waals surface area (Å²) in [6.45, 7) is 0. The highest BCUT2D eigenvalue weighted by molar-refractivity contribution is 7.37. The maximum absolute atomic E-state index is 12.4. The zero-order valence-corrected chi connectivity index (χ0v) is 15.0. The van der Waals surface area contributed by atoms with Crippen LogP contribution in [0.2, 0.25) is 0 Å². The van der Waals surface area contributed by atoms with Crippen molar-refractivity contribution in [1.82, 2.24) is 0 Å². The molecule has 0 aliphatic rings. The molecule has 128 valence electrons. The highest BCUT2D eigenvalue weighted by Crippen LogP contribution is 2.30. The summed E-state index contributed by atoms with van der Waals surface area (Å²) in [6, 6.07) is 16.1. The molecular weight excluding hydrogens is 355 g/mol. The Hall–Kier alpha value is -2.40. The van der Waals surface area contributed by atoms with Crippen molar-refractivity contribution < 1.29 is 14.3 Å². The SMILES string of the molecule is Nc1ccc(-c2cccs2)cc1NC(=O)c1ccc(C[PH](=O)O)cc1. The van der Waals surface area contributed by atoms with Gasteiger partial charge in [-0.2, -0.15) is 0 Å². The fraction of sp³-hybridized carbons (Fsp3) is 0.0556. The van der Waals surface area contributed by atoms with E-state index in [2.05, 4.69) is 5.32 Å². The van der Waals surface area contributed by atoms with Gasteiger partial charge in [0.1, 0.15) is 0 Å². The van der Waals surface area contributed by atoms with E-state index in [0.717, 1.165) is 16.0 Å². The van der Waals surface area contributed by atoms with Gasteiger partial charge < -0.3 is 15.9 Å². The molecule has 0 aliphatic carbocycles. The standard InChI is InChI=1S/C18H17N2O3PS/c19-15-8-7-14(17-2-1-9-25-17)10-16(15)20-18(21)13-5-3-12(4-6-13)11-24(22)23/h1-10,24H,11,19H2,(H,20,21)(H,22,23). The maximum atomic E-state index is 12.4. The summed E-state index contributed by atoms with van der Waals surface area (Å²) in [5.74, 6) is -0.279. The second-order valence-corrected chi connectivity index (χ2v) is 7.59. The van der Waals surface area contributed by atoms with Gasteiger partial charge in [-0.05, 0) is 46.8 Å². The third kappa shape index (κ3) is 4.37. The largest absolute Gasteiger partial charge is 0.397 e. The first-order chi connectivity index (χ1) is 12.0. The molecule has 0 saturated heterocycles. The topological polar surface area (TPSA) is 92.4 Å². The van der Waals surface area contributed by atoms with E-state index in [9.17, 15) is 9.36 Å². The molecule has 1 aromatic heterocycles. The minimum absolute atomic E-state index is 0.113. The number of hydrogen-bond donors (Lipinski definition) is 3. The predicted molar refractivity (Wildman–Crippen MR) is 103 cm³/mol. The Labute approximate surface area is 150 Å². The van der Waals surface area contributed by atoms with Crippen LogP contribution in [-0.4, -0.2) is 10.8 Å². The van der Waals surface area contributed by atoms with Crippen LogP contribution in [0.15, 0.2) is 60.0 Å². The van der Waals surface area contributed by atoms with Crippen molar-refractivity contribution in [3.8, 4) is 10.4 Å². The van der Waals surface area contributed by atoms with Crippen LogP contribution in [0.1, 0.15) is 15.9 Å². The Bertz CT molecular complexity index is 909. The molecule has 4 N–H and O–H groups in total. The number of carbonyl (C=O) groups is 1. The van der Waals surface area contributed by atoms with Crippen LogP contribution in [0.5, 0.6) is 0 Å². The summed E-state index contributed by atoms with van der Waals surface area (Å²) in [7, 11) is -2.57. The quantitative estimate of drug-likeness (QED) is 0.462. The van der Waals surface area contributed by atoms with Gasteiger partial charge in [-0.3, -0.25) is 9.36 Å². The van der Waals surface area contributed by atoms with Gasteiger partial charge in [0.05, 0.1) is 11.4 Å². The number of carbonyl (C=O) groups excluding carboxylic acids is 1. The minimum Gasteiger partial charge on any atom is -0.397 e. The van der Waals surface area contributed by atoms with Crippen LogP contribution in [-0.2, 0) is 10.7 Å². The van der Waals surface area contributed by atoms with Gasteiger partial charge in [0.15, 0.2) is 8.03 Å². The van der Waals surface area contributed by atoms with Crippen LogP contribution in [0.3, 0.4) is 0 Å². The lowest BCUT2D eigenvalue weighted by Crippen LogP contribution is -2.13. The van der Waals surface area contributed by atoms with Gasteiger partial charge in [0.2, 0.25) is 0 Å². The second kappa shape index (κ2) is 7.66. The monoisotopic (exact) mass is 372 g/mol. The molecule has 1 unspecified atom stereocenters. The number of amides is 1. The van der Waals surface area contributed by atoms with Crippen LogP contribution in [0.25, 0.3) is 10.4 Å². The molecule has 0 fully saturated rings. The molecular formula is C18H17N2O3PS. The highest BCUT2D eigenvalue weighted by Gasteiger charge is 2.10. The van der Waals surface area contributed by atoms with E-state index in [-0.39, 0.29) is 12.1 Å². The molecule has 7 heteroatoms. The van der Waals surface area contributed by atoms with Crippen molar-refractivity contribution in [3.63, 3.8) is 0 Å². The number of nitrogen functional groups attached to an aromatic ring is 1. The van der Waals surface area contributed by atoms with E-state index in [0.29, 0.717) is 16.9 Å². The van der Waals surface area contributed by atoms with Crippen LogP contribution >= 0.6 is 19.4 Å². The first-order valence-corrected chi connectivity index (χ1v) is 10.0. The molecule has 5 nitrogen and oxygen atoms in total. The first-order valence-electron chi connectivity index (χ1n) is 7.58. The number of nitrogens with two attached hydrogens (primary N) is 1. The van der Waals surface area contributed by atoms with E-state index in [1.165, 1.54) is 0 Å². The number of thiophene rings is 1. The molecule has 0 spiro atoms. The summed E-state index contributed by atoms with van der Waals surface area (Å²) < 4.78 is 10.9. The smallest absolute Gasteiger partial charge is 0.255 e. The summed E-state index contributed by atoms with van der Waals surface area (Å²) >= 11 is 1.62. The third-order valence-electron chi connectivity index (χ3n) is 3.68. The number of nitrogens with one attached hydrogen (secondary N) is 1. The fourth-order valence-corrected chi connectivity index (χ4v) is 3.71. The third-order valence-corrected chi connectivity index (χ3v) is 5.31. The molecule has 1 heterocycles. The second-order valence-electron chi connectivity index (χ2n) is 5.50. The van der Waals surface area contributed by atoms with E-state index in [1.54, 1.807) is 41.7 Å². The number of rotatable bonds is 5. The maximum Gasteiger partial charge on any atom is 0.255 e. The molecule has 1 atom stereocenters. The van der Waals surface area contributed by atoms with Crippen LogP contribution in [0.4, 0.5) is 11.4 Å². The molecule has 0 bridgehead atoms. The van der Waals surface area contributed by atoms with Crippen LogP contribution < -0.4 is 11.1 Å². The van der Waals surface area contributed by atoms with Gasteiger partial charge in [-0.1, -0.05) is 24.3 Å². The van der Waals surface area contributed by atoms with Gasteiger partial charge >= 0.3 is 0 Å². The summed E-state index contributed by atoms with van der Waals surface area (Å²) in [6.07, 6.45) is 0.113. The first kappa shape index (κ1) is 17.4. The molecule has 3 rings (SSSR count). The van der Waals surface area contributed by atoms with Crippen molar-refractivity contribution in [1.29, 1.82) is 0 Å². The Morgan fingerprint density at radius 3 is 2.56 bits per heavy atom. The van der Waals surface area contributed by atoms with Gasteiger partial charge in [0.25, 0.3) is 5.91 Å². The Kier molecular flexibility index (Phi) is 5.34. The zero-order valence-electron chi connectivity index (χ0n) is 13.2. The van der Waals surface area contributed by atoms with E-state index in [4.69, 9.17) is 10.6 Å². The van der Waals surface area contributed by atoms with Crippen molar-refractivity contribution in [2.45, 2.75) is 6.16 Å². The highest BCUT2D eigenvalue weighted by atomic mass is 32.1. The van der Waals surface area contributed by atoms with E-state index < -0.39 is 8.03 Å². The van der Waals surface area contributed by atoms with Crippen molar-refractivity contribution in [2.24, 2.45) is 0 Å². The molecule has 0 radical (unpaired) electrons. The predicted octanol–water partition coefficient (Wildman–Crippen LogP) is 4.22. The van der Waals surface area contributed by atoms with Crippen molar-refractivity contribution in [2.75, 3.05) is 11.1 Å². The normalized spacial score (nSPS) is 11.9. The average Bonchev–Trinajstić information content (AvgIpc) is 3.11. The summed E-state index contributed by atoms with van der Waals surface area (Å²) in [4.78, 5) is 22.5. The number of anilines is 2. The molecule has 1 amide bonds. The Balaban J connectivity index is 1.78. The molecule has 0 saturated carbocycles. The molecule has 2 aromatic carbocycles. The van der Waals surface area contributed by atoms with E-state index in [1.807, 2.05) is 29.6 Å². The van der Waals surface area contributed by atoms with Gasteiger partial charge in [0, 0.05) is 16.6 Å². The van der Waals surface area contributed by atoms with Gasteiger partial charge in [-0.15, -0.1) is 11.3 Å². The average molecular weight is 372 g/mol. The van der Waals surface area contributed by atoms with Crippen molar-refractivity contribution >= 4 is 36.6 Å². The lowest BCUT2D eigenvalue weighted by Gasteiger charge is -2.10. The lowest BCUT2D eigenvalue weighted by molar-refractivity contribution is 0.102.